The molecule has 0 aliphatic carbocycles. The van der Waals surface area contributed by atoms with Crippen LogP contribution in [0.2, 0.25) is 0 Å². The lowest BCUT2D eigenvalue weighted by atomic mass is 9.92. The average Bonchev–Trinajstić information content (AvgIpc) is 2.15. The largest absolute Gasteiger partial charge is 0.303 e. The maximum Gasteiger partial charge on any atom is 0.127 e. The van der Waals surface area contributed by atoms with Crippen molar-refractivity contribution in [3.63, 3.8) is 0 Å². The number of carbonyl (C=O) groups is 1. The van der Waals surface area contributed by atoms with E-state index in [9.17, 15) is 4.79 Å². The normalized spacial score (nSPS) is 12.9. The van der Waals surface area contributed by atoms with E-state index in [0.29, 0.717) is 5.92 Å². The number of carbonyl (C=O) groups excluding carboxylic acids is 1. The molecule has 1 nitrogen and oxygen atoms in total. The van der Waals surface area contributed by atoms with Crippen molar-refractivity contribution in [2.45, 2.75) is 26.2 Å². The van der Waals surface area contributed by atoms with Gasteiger partial charge in [0, 0.05) is 10.4 Å². The first-order valence-electron chi connectivity index (χ1n) is 4.84. The van der Waals surface area contributed by atoms with Crippen LogP contribution in [0.25, 0.3) is 0 Å². The smallest absolute Gasteiger partial charge is 0.127 e. The summed E-state index contributed by atoms with van der Waals surface area (Å²) in [6.07, 6.45) is 1.97. The number of halogens is 1. The minimum Gasteiger partial charge on any atom is -0.303 e. The Bertz CT molecular complexity index is 290. The summed E-state index contributed by atoms with van der Waals surface area (Å²) in [5.41, 5.74) is 1.11. The lowest BCUT2D eigenvalue weighted by molar-refractivity contribution is -0.109. The fraction of sp³-hybridized carbons (Fsp3) is 0.417. The van der Waals surface area contributed by atoms with Crippen LogP contribution < -0.4 is 0 Å². The van der Waals surface area contributed by atoms with Crippen LogP contribution in [0, 0.1) is 5.92 Å². The number of hydrogen-bond donors (Lipinski definition) is 0. The number of rotatable bonds is 4. The predicted molar refractivity (Wildman–Crippen MR) is 62.4 cm³/mol. The molecule has 0 bridgehead atoms. The molecule has 0 radical (unpaired) electrons. The number of aldehydes is 1. The monoisotopic (exact) mass is 254 g/mol. The molecule has 0 aromatic heterocycles. The van der Waals surface area contributed by atoms with E-state index < -0.39 is 0 Å². The summed E-state index contributed by atoms with van der Waals surface area (Å²) in [6.45, 7) is 4.27. The van der Waals surface area contributed by atoms with Crippen LogP contribution in [-0.2, 0) is 4.79 Å². The van der Waals surface area contributed by atoms with Gasteiger partial charge < -0.3 is 4.79 Å². The van der Waals surface area contributed by atoms with Gasteiger partial charge in [0.2, 0.25) is 0 Å². The van der Waals surface area contributed by atoms with E-state index in [4.69, 9.17) is 0 Å². The number of benzene rings is 1. The third kappa shape index (κ3) is 3.26. The Labute approximate surface area is 93.7 Å². The van der Waals surface area contributed by atoms with E-state index >= 15 is 0 Å². The molecule has 0 saturated heterocycles. The van der Waals surface area contributed by atoms with E-state index in [2.05, 4.69) is 29.8 Å². The van der Waals surface area contributed by atoms with Gasteiger partial charge in [0.25, 0.3) is 0 Å². The zero-order valence-corrected chi connectivity index (χ0v) is 10.1. The van der Waals surface area contributed by atoms with Crippen LogP contribution >= 0.6 is 15.9 Å². The quantitative estimate of drug-likeness (QED) is 0.748. The molecule has 1 aromatic carbocycles. The van der Waals surface area contributed by atoms with Gasteiger partial charge in [0.15, 0.2) is 0 Å². The summed E-state index contributed by atoms with van der Waals surface area (Å²) in [5.74, 6) is 0.594. The third-order valence-electron chi connectivity index (χ3n) is 2.19. The third-order valence-corrected chi connectivity index (χ3v) is 2.72. The predicted octanol–water partition coefficient (Wildman–Crippen LogP) is 3.78. The van der Waals surface area contributed by atoms with Crippen LogP contribution in [0.3, 0.4) is 0 Å². The summed E-state index contributed by atoms with van der Waals surface area (Å²) in [4.78, 5) is 10.9. The molecular formula is C12H15BrO. The van der Waals surface area contributed by atoms with Crippen molar-refractivity contribution >= 4 is 22.2 Å². The molecule has 1 unspecified atom stereocenters. The highest BCUT2D eigenvalue weighted by Crippen LogP contribution is 2.23. The van der Waals surface area contributed by atoms with Crippen molar-refractivity contribution in [1.82, 2.24) is 0 Å². The maximum atomic E-state index is 10.9. The fourth-order valence-corrected chi connectivity index (χ4v) is 1.75. The summed E-state index contributed by atoms with van der Waals surface area (Å²) in [5, 5.41) is 0. The highest BCUT2D eigenvalue weighted by Gasteiger charge is 2.11. The Balaban J connectivity index is 2.78. The van der Waals surface area contributed by atoms with E-state index in [1.807, 2.05) is 24.3 Å². The van der Waals surface area contributed by atoms with Crippen LogP contribution in [0.4, 0.5) is 0 Å². The Hall–Kier alpha value is -0.630. The van der Waals surface area contributed by atoms with Gasteiger partial charge in [0.05, 0.1) is 0 Å². The van der Waals surface area contributed by atoms with Crippen LogP contribution in [-0.4, -0.2) is 6.29 Å². The van der Waals surface area contributed by atoms with Gasteiger partial charge in [-0.2, -0.15) is 0 Å². The van der Waals surface area contributed by atoms with Crippen molar-refractivity contribution in [2.24, 2.45) is 5.92 Å². The summed E-state index contributed by atoms with van der Waals surface area (Å²) >= 11 is 3.38. The van der Waals surface area contributed by atoms with Crippen LogP contribution in [0.15, 0.2) is 28.7 Å². The minimum absolute atomic E-state index is 0.0445. The highest BCUT2D eigenvalue weighted by molar-refractivity contribution is 9.10. The molecule has 0 N–H and O–H groups in total. The molecule has 1 aromatic rings. The van der Waals surface area contributed by atoms with E-state index in [1.54, 1.807) is 0 Å². The van der Waals surface area contributed by atoms with Gasteiger partial charge in [-0.1, -0.05) is 41.9 Å². The van der Waals surface area contributed by atoms with Crippen molar-refractivity contribution in [3.8, 4) is 0 Å². The molecule has 1 rings (SSSR count). The molecular weight excluding hydrogens is 240 g/mol. The maximum absolute atomic E-state index is 10.9. The molecule has 1 atom stereocenters. The van der Waals surface area contributed by atoms with Gasteiger partial charge in [-0.3, -0.25) is 0 Å². The standard InChI is InChI=1S/C12H15BrO/c1-9(2)7-11(8-14)10-3-5-12(13)6-4-10/h3-6,8-9,11H,7H2,1-2H3. The Morgan fingerprint density at radius 1 is 1.29 bits per heavy atom. The van der Waals surface area contributed by atoms with Crippen molar-refractivity contribution < 1.29 is 4.79 Å². The van der Waals surface area contributed by atoms with Crippen molar-refractivity contribution in [3.05, 3.63) is 34.3 Å². The first kappa shape index (κ1) is 11.4. The molecule has 14 heavy (non-hydrogen) atoms. The molecule has 76 valence electrons. The lowest BCUT2D eigenvalue weighted by Gasteiger charge is -2.12. The van der Waals surface area contributed by atoms with Crippen molar-refractivity contribution in [1.29, 1.82) is 0 Å². The topological polar surface area (TPSA) is 17.1 Å². The summed E-state index contributed by atoms with van der Waals surface area (Å²) in [7, 11) is 0. The zero-order chi connectivity index (χ0) is 10.6. The van der Waals surface area contributed by atoms with Gasteiger partial charge in [-0.25, -0.2) is 0 Å². The van der Waals surface area contributed by atoms with E-state index in [-0.39, 0.29) is 5.92 Å². The molecule has 0 fully saturated rings. The molecule has 0 aliphatic heterocycles. The second kappa shape index (κ2) is 5.30. The molecule has 0 aliphatic rings. The van der Waals surface area contributed by atoms with Gasteiger partial charge >= 0.3 is 0 Å². The highest BCUT2D eigenvalue weighted by atomic mass is 79.9. The molecule has 0 saturated carbocycles. The Kier molecular flexibility index (Phi) is 4.33. The fourth-order valence-electron chi connectivity index (χ4n) is 1.49. The molecule has 0 spiro atoms. The SMILES string of the molecule is CC(C)CC(C=O)c1ccc(Br)cc1. The van der Waals surface area contributed by atoms with E-state index in [0.717, 1.165) is 22.7 Å². The minimum atomic E-state index is 0.0445. The zero-order valence-electron chi connectivity index (χ0n) is 8.53. The van der Waals surface area contributed by atoms with Gasteiger partial charge in [0.1, 0.15) is 6.29 Å². The first-order chi connectivity index (χ1) is 6.63. The van der Waals surface area contributed by atoms with Crippen molar-refractivity contribution in [2.75, 3.05) is 0 Å². The first-order valence-corrected chi connectivity index (χ1v) is 5.63. The van der Waals surface area contributed by atoms with Crippen LogP contribution in [0.5, 0.6) is 0 Å². The van der Waals surface area contributed by atoms with Gasteiger partial charge in [-0.15, -0.1) is 0 Å². The van der Waals surface area contributed by atoms with Crippen LogP contribution in [0.1, 0.15) is 31.7 Å². The average molecular weight is 255 g/mol. The Morgan fingerprint density at radius 3 is 2.29 bits per heavy atom. The Morgan fingerprint density at radius 2 is 1.86 bits per heavy atom. The lowest BCUT2D eigenvalue weighted by Crippen LogP contribution is -2.04. The second-order valence-corrected chi connectivity index (χ2v) is 4.84. The molecule has 0 amide bonds. The molecule has 2 heteroatoms. The van der Waals surface area contributed by atoms with Gasteiger partial charge in [-0.05, 0) is 30.0 Å². The second-order valence-electron chi connectivity index (χ2n) is 3.92. The van der Waals surface area contributed by atoms with E-state index in [1.165, 1.54) is 0 Å². The summed E-state index contributed by atoms with van der Waals surface area (Å²) in [6, 6.07) is 7.97. The molecule has 0 heterocycles. The summed E-state index contributed by atoms with van der Waals surface area (Å²) < 4.78 is 1.05. The number of hydrogen-bond acceptors (Lipinski definition) is 1.